The van der Waals surface area contributed by atoms with Gasteiger partial charge in [-0.2, -0.15) is 0 Å². The van der Waals surface area contributed by atoms with Crippen molar-refractivity contribution >= 4 is 20.1 Å². The van der Waals surface area contributed by atoms with Crippen LogP contribution >= 0.6 is 0 Å². The van der Waals surface area contributed by atoms with E-state index in [2.05, 4.69) is 31.1 Å². The van der Waals surface area contributed by atoms with Gasteiger partial charge in [0.25, 0.3) is 0 Å². The van der Waals surface area contributed by atoms with Crippen LogP contribution in [0.4, 0.5) is 0 Å². The quantitative estimate of drug-likeness (QED) is 0.189. The highest BCUT2D eigenvalue weighted by Crippen LogP contribution is 2.36. The van der Waals surface area contributed by atoms with Crippen LogP contribution in [0, 0.1) is 12.3 Å². The summed E-state index contributed by atoms with van der Waals surface area (Å²) in [4.78, 5) is 10.9. The number of carbonyl (C=O) groups is 1. The summed E-state index contributed by atoms with van der Waals surface area (Å²) in [6.45, 7) is 9.47. The summed E-state index contributed by atoms with van der Waals surface area (Å²) in [5.41, 5.74) is 1.61. The Morgan fingerprint density at radius 2 is 1.96 bits per heavy atom. The highest BCUT2D eigenvalue weighted by Gasteiger charge is 2.30. The Bertz CT molecular complexity index is 532. The number of hydrogen-bond donors (Lipinski definition) is 1. The molecule has 1 saturated heterocycles. The number of rotatable bonds is 2. The Morgan fingerprint density at radius 1 is 1.38 bits per heavy atom. The Kier molecular flexibility index (Phi) is 11.6. The largest absolute Gasteiger partial charge is 0.411 e. The van der Waals surface area contributed by atoms with Crippen molar-refractivity contribution in [3.63, 3.8) is 0 Å². The Hall–Kier alpha value is -1.86. The van der Waals surface area contributed by atoms with Gasteiger partial charge >= 0.3 is 0 Å². The Balaban J connectivity index is 0.000000367. The maximum atomic E-state index is 10.9. The average Bonchev–Trinajstić information content (AvgIpc) is 2.59. The smallest absolute Gasteiger partial charge is 0.207 e. The van der Waals surface area contributed by atoms with Gasteiger partial charge in [0, 0.05) is 12.0 Å². The van der Waals surface area contributed by atoms with Crippen LogP contribution in [-0.2, 0) is 0 Å². The number of oxime groups is 1. The molecule has 1 unspecified atom stereocenters. The molecule has 2 rings (SSSR count). The molecule has 1 fully saturated rings. The number of hydrogen-bond acceptors (Lipinski definition) is 3. The summed E-state index contributed by atoms with van der Waals surface area (Å²) in [5, 5.41) is 10.7. The van der Waals surface area contributed by atoms with Crippen molar-refractivity contribution in [2.75, 3.05) is 0 Å². The second-order valence-corrected chi connectivity index (χ2v) is 12.1. The molecule has 1 aliphatic rings. The highest BCUT2D eigenvalue weighted by molar-refractivity contribution is 6.78. The zero-order valence-corrected chi connectivity index (χ0v) is 16.5. The molecular formula is C20H31NO2Si. The zero-order chi connectivity index (χ0) is 18.4. The summed E-state index contributed by atoms with van der Waals surface area (Å²) < 4.78 is 0. The number of Topliss-reactive ketones (excluding diaryl/α,β-unsaturated/α-hetero) is 1. The molecule has 0 spiro atoms. The van der Waals surface area contributed by atoms with E-state index >= 15 is 0 Å². The van der Waals surface area contributed by atoms with Gasteiger partial charge in [0.05, 0.1) is 8.07 Å². The van der Waals surface area contributed by atoms with Gasteiger partial charge in [-0.25, -0.2) is 0 Å². The van der Waals surface area contributed by atoms with E-state index in [0.29, 0.717) is 5.56 Å². The Labute approximate surface area is 148 Å². The normalized spacial score (nSPS) is 18.4. The number of terminal acetylenes is 1. The predicted molar refractivity (Wildman–Crippen MR) is 106 cm³/mol. The number of nitrogens with zero attached hydrogens (tertiary/aromatic N) is 1. The van der Waals surface area contributed by atoms with Crippen molar-refractivity contribution in [3.8, 4) is 12.3 Å². The maximum absolute atomic E-state index is 10.9. The van der Waals surface area contributed by atoms with Gasteiger partial charge in [0.2, 0.25) is 5.78 Å². The molecule has 1 aliphatic heterocycles. The lowest BCUT2D eigenvalue weighted by Crippen LogP contribution is -2.33. The molecule has 0 radical (unpaired) electrons. The second-order valence-electron chi connectivity index (χ2n) is 6.67. The summed E-state index contributed by atoms with van der Waals surface area (Å²) >= 11 is 0. The topological polar surface area (TPSA) is 49.7 Å². The molecule has 3 nitrogen and oxygen atoms in total. The lowest BCUT2D eigenvalue weighted by atomic mass is 10.1. The third kappa shape index (κ3) is 9.31. The molecule has 132 valence electrons. The summed E-state index contributed by atoms with van der Waals surface area (Å²) in [7, 11) is -0.694. The van der Waals surface area contributed by atoms with Crippen LogP contribution in [0.25, 0.3) is 0 Å². The maximum Gasteiger partial charge on any atom is 0.207 e. The molecule has 1 aromatic carbocycles. The lowest BCUT2D eigenvalue weighted by Gasteiger charge is -2.34. The fraction of sp³-hybridized carbons (Fsp3) is 0.500. The van der Waals surface area contributed by atoms with E-state index in [4.69, 9.17) is 11.6 Å². The summed E-state index contributed by atoms with van der Waals surface area (Å²) in [6.07, 6.45) is 11.0. The second kappa shape index (κ2) is 12.5. The zero-order valence-electron chi connectivity index (χ0n) is 15.5. The van der Waals surface area contributed by atoms with E-state index < -0.39 is 8.07 Å². The summed E-state index contributed by atoms with van der Waals surface area (Å²) in [5.74, 6) is 2.13. The van der Waals surface area contributed by atoms with E-state index in [0.717, 1.165) is 18.2 Å². The van der Waals surface area contributed by atoms with Gasteiger partial charge in [0.1, 0.15) is 6.21 Å². The van der Waals surface area contributed by atoms with E-state index in [9.17, 15) is 4.79 Å². The van der Waals surface area contributed by atoms with Crippen molar-refractivity contribution in [1.29, 1.82) is 0 Å². The first-order valence-corrected chi connectivity index (χ1v) is 11.9. The molecule has 1 N–H and O–H groups in total. The van der Waals surface area contributed by atoms with Crippen molar-refractivity contribution in [3.05, 3.63) is 35.9 Å². The first-order chi connectivity index (χ1) is 11.4. The fourth-order valence-corrected chi connectivity index (χ4v) is 5.04. The molecule has 0 amide bonds. The minimum absolute atomic E-state index is 0.298. The minimum Gasteiger partial charge on any atom is -0.411 e. The SMILES string of the molecule is C#CCC.CC1CCCC[Si]1(C)C.O=C(C=NO)c1ccccc1. The van der Waals surface area contributed by atoms with Gasteiger partial charge in [-0.3, -0.25) is 4.79 Å². The third-order valence-corrected chi connectivity index (χ3v) is 9.08. The van der Waals surface area contributed by atoms with Crippen molar-refractivity contribution in [2.45, 2.75) is 64.2 Å². The van der Waals surface area contributed by atoms with Crippen LogP contribution in [0.1, 0.15) is 49.9 Å². The van der Waals surface area contributed by atoms with Crippen molar-refractivity contribution in [2.24, 2.45) is 5.16 Å². The molecule has 4 heteroatoms. The van der Waals surface area contributed by atoms with Gasteiger partial charge < -0.3 is 5.21 Å². The molecule has 1 aromatic rings. The van der Waals surface area contributed by atoms with E-state index in [1.54, 1.807) is 30.3 Å². The Morgan fingerprint density at radius 3 is 2.33 bits per heavy atom. The highest BCUT2D eigenvalue weighted by atomic mass is 28.3. The van der Waals surface area contributed by atoms with Crippen LogP contribution in [0.2, 0.25) is 24.7 Å². The van der Waals surface area contributed by atoms with Crippen molar-refractivity contribution < 1.29 is 10.0 Å². The number of ketones is 1. The van der Waals surface area contributed by atoms with Gasteiger partial charge in [-0.05, 0) is 5.54 Å². The molecule has 0 bridgehead atoms. The molecule has 0 aromatic heterocycles. The molecule has 24 heavy (non-hydrogen) atoms. The monoisotopic (exact) mass is 345 g/mol. The fourth-order valence-electron chi connectivity index (χ4n) is 2.40. The lowest BCUT2D eigenvalue weighted by molar-refractivity contribution is 0.106. The predicted octanol–water partition coefficient (Wildman–Crippen LogP) is 5.63. The van der Waals surface area contributed by atoms with Gasteiger partial charge in [-0.1, -0.05) is 87.7 Å². The van der Waals surface area contributed by atoms with E-state index in [-0.39, 0.29) is 5.78 Å². The van der Waals surface area contributed by atoms with Crippen LogP contribution < -0.4 is 0 Å². The minimum atomic E-state index is -0.694. The number of benzene rings is 1. The van der Waals surface area contributed by atoms with Gasteiger partial charge in [0.15, 0.2) is 0 Å². The third-order valence-electron chi connectivity index (χ3n) is 4.48. The van der Waals surface area contributed by atoms with E-state index in [1.165, 1.54) is 19.3 Å². The van der Waals surface area contributed by atoms with E-state index in [1.807, 2.05) is 13.0 Å². The van der Waals surface area contributed by atoms with Crippen LogP contribution in [0.15, 0.2) is 35.5 Å². The van der Waals surface area contributed by atoms with Gasteiger partial charge in [-0.15, -0.1) is 12.3 Å². The van der Waals surface area contributed by atoms with Crippen molar-refractivity contribution in [1.82, 2.24) is 0 Å². The average molecular weight is 346 g/mol. The molecule has 0 aliphatic carbocycles. The molecule has 1 heterocycles. The molecule has 1 atom stereocenters. The van der Waals surface area contributed by atoms with Crippen LogP contribution in [0.3, 0.4) is 0 Å². The molecular weight excluding hydrogens is 314 g/mol. The standard InChI is InChI=1S/C8H7NO2.C8H18Si.C4H6/c10-8(6-9-11)7-4-2-1-3-5-7;1-8-6-4-5-7-9(8,2)3;1-3-4-2/h1-6,11H;8H,4-7H2,1-3H3;1H,4H2,2H3. The number of carbonyl (C=O) groups excluding carboxylic acids is 1. The summed E-state index contributed by atoms with van der Waals surface area (Å²) in [6, 6.07) is 10.2. The van der Waals surface area contributed by atoms with Crippen LogP contribution in [-0.4, -0.2) is 25.3 Å². The molecule has 0 saturated carbocycles. The first-order valence-electron chi connectivity index (χ1n) is 8.59. The first kappa shape index (κ1) is 22.1. The van der Waals surface area contributed by atoms with Crippen LogP contribution in [0.5, 0.6) is 0 Å².